The summed E-state index contributed by atoms with van der Waals surface area (Å²) in [4.78, 5) is 15.1. The molecule has 0 unspecified atom stereocenters. The predicted molar refractivity (Wildman–Crippen MR) is 128 cm³/mol. The number of anilines is 1. The second-order valence-electron chi connectivity index (χ2n) is 10.5. The van der Waals surface area contributed by atoms with E-state index in [4.69, 9.17) is 0 Å². The van der Waals surface area contributed by atoms with Crippen LogP contribution in [0.15, 0.2) is 54.2 Å². The maximum absolute atomic E-state index is 12.5. The van der Waals surface area contributed by atoms with E-state index in [2.05, 4.69) is 47.4 Å². The summed E-state index contributed by atoms with van der Waals surface area (Å²) < 4.78 is 2.04. The largest absolute Gasteiger partial charge is 0.311 e. The molecular formula is C27H36N4O. The topological polar surface area (TPSA) is 50.2 Å². The van der Waals surface area contributed by atoms with Gasteiger partial charge in [0.05, 0.1) is 12.2 Å². The molecule has 3 aliphatic carbocycles. The van der Waals surface area contributed by atoms with Gasteiger partial charge in [-0.15, -0.1) is 0 Å². The number of hydrogen-bond donors (Lipinski definition) is 1. The fourth-order valence-corrected chi connectivity index (χ4v) is 6.05. The number of likely N-dealkylation sites (tertiary alicyclic amines) is 1. The molecule has 32 heavy (non-hydrogen) atoms. The van der Waals surface area contributed by atoms with E-state index in [9.17, 15) is 4.79 Å². The fraction of sp³-hybridized carbons (Fsp3) is 0.556. The number of carbonyl (C=O) groups is 1. The molecule has 1 aliphatic heterocycles. The second-order valence-corrected chi connectivity index (χ2v) is 10.5. The van der Waals surface area contributed by atoms with Crippen LogP contribution in [0.3, 0.4) is 0 Å². The molecule has 5 nitrogen and oxygen atoms in total. The number of nitrogens with zero attached hydrogens (tertiary/aromatic N) is 3. The second kappa shape index (κ2) is 8.86. The minimum absolute atomic E-state index is 0.0543. The van der Waals surface area contributed by atoms with Gasteiger partial charge in [0, 0.05) is 32.1 Å². The highest BCUT2D eigenvalue weighted by atomic mass is 16.1. The van der Waals surface area contributed by atoms with Gasteiger partial charge in [0.25, 0.3) is 0 Å². The van der Waals surface area contributed by atoms with Gasteiger partial charge in [-0.25, -0.2) is 4.68 Å². The van der Waals surface area contributed by atoms with Crippen molar-refractivity contribution in [1.29, 1.82) is 0 Å². The van der Waals surface area contributed by atoms with Crippen molar-refractivity contribution in [1.82, 2.24) is 14.7 Å². The third kappa shape index (κ3) is 4.27. The maximum Gasteiger partial charge on any atom is 0.225 e. The van der Waals surface area contributed by atoms with Crippen LogP contribution in [-0.4, -0.2) is 40.2 Å². The Balaban J connectivity index is 1.12. The van der Waals surface area contributed by atoms with E-state index in [0.29, 0.717) is 17.9 Å². The van der Waals surface area contributed by atoms with Gasteiger partial charge in [-0.1, -0.05) is 55.8 Å². The lowest BCUT2D eigenvalue weighted by Crippen LogP contribution is -2.50. The number of nitrogens with one attached hydrogen (secondary N) is 1. The summed E-state index contributed by atoms with van der Waals surface area (Å²) in [6, 6.07) is 12.5. The fourth-order valence-electron chi connectivity index (χ4n) is 6.05. The monoisotopic (exact) mass is 432 g/mol. The molecule has 0 spiro atoms. The zero-order valence-corrected chi connectivity index (χ0v) is 19.5. The van der Waals surface area contributed by atoms with Crippen LogP contribution >= 0.6 is 0 Å². The summed E-state index contributed by atoms with van der Waals surface area (Å²) in [5.41, 5.74) is 3.38. The van der Waals surface area contributed by atoms with Crippen LogP contribution in [0.5, 0.6) is 0 Å². The van der Waals surface area contributed by atoms with Crippen molar-refractivity contribution in [2.75, 3.05) is 25.0 Å². The molecule has 2 bridgehead atoms. The van der Waals surface area contributed by atoms with E-state index >= 15 is 0 Å². The van der Waals surface area contributed by atoms with E-state index in [1.54, 1.807) is 11.8 Å². The summed E-state index contributed by atoms with van der Waals surface area (Å²) in [5.74, 6) is 2.59. The molecule has 6 rings (SSSR count). The number of hydrogen-bond acceptors (Lipinski definition) is 3. The molecule has 2 aromatic rings. The highest BCUT2D eigenvalue weighted by Gasteiger charge is 2.51. The Morgan fingerprint density at radius 3 is 2.66 bits per heavy atom. The Kier molecular flexibility index (Phi) is 5.93. The number of carbonyl (C=O) groups excluding carboxylic acids is 1. The minimum Gasteiger partial charge on any atom is -0.311 e. The lowest BCUT2D eigenvalue weighted by Gasteiger charge is -2.57. The highest BCUT2D eigenvalue weighted by molar-refractivity contribution is 5.89. The molecule has 1 aromatic heterocycles. The number of aromatic nitrogens is 2. The number of piperidine rings is 1. The van der Waals surface area contributed by atoms with E-state index in [0.717, 1.165) is 56.6 Å². The van der Waals surface area contributed by atoms with E-state index in [-0.39, 0.29) is 5.91 Å². The van der Waals surface area contributed by atoms with Crippen molar-refractivity contribution < 1.29 is 4.79 Å². The Morgan fingerprint density at radius 2 is 1.94 bits per heavy atom. The normalized spacial score (nSPS) is 25.1. The molecule has 4 aliphatic rings. The zero-order chi connectivity index (χ0) is 22.1. The first kappa shape index (κ1) is 21.4. The molecule has 2 fully saturated rings. The first-order valence-corrected chi connectivity index (χ1v) is 12.3. The Bertz CT molecular complexity index is 969. The van der Waals surface area contributed by atoms with E-state index in [1.165, 1.54) is 18.4 Å². The first-order valence-electron chi connectivity index (χ1n) is 12.3. The van der Waals surface area contributed by atoms with Crippen molar-refractivity contribution in [3.8, 4) is 0 Å². The summed E-state index contributed by atoms with van der Waals surface area (Å²) >= 11 is 0. The van der Waals surface area contributed by atoms with Gasteiger partial charge in [-0.05, 0) is 54.9 Å². The summed E-state index contributed by atoms with van der Waals surface area (Å²) in [6.07, 6.45) is 10.4. The molecule has 2 heterocycles. The molecule has 0 radical (unpaired) electrons. The van der Waals surface area contributed by atoms with Crippen molar-refractivity contribution in [3.63, 3.8) is 0 Å². The predicted octanol–water partition coefficient (Wildman–Crippen LogP) is 5.08. The van der Waals surface area contributed by atoms with Crippen molar-refractivity contribution in [2.45, 2.75) is 58.4 Å². The number of fused-ring (bicyclic) bond motifs is 1. The van der Waals surface area contributed by atoms with Crippen molar-refractivity contribution in [2.24, 2.45) is 17.3 Å². The minimum atomic E-state index is 0.0543. The number of allylic oxidation sites excluding steroid dienone is 1. The van der Waals surface area contributed by atoms with Gasteiger partial charge in [-0.2, -0.15) is 5.10 Å². The van der Waals surface area contributed by atoms with Gasteiger partial charge in [0.15, 0.2) is 0 Å². The molecule has 170 valence electrons. The molecule has 2 atom stereocenters. The van der Waals surface area contributed by atoms with Crippen molar-refractivity contribution >= 4 is 11.7 Å². The molecule has 1 aromatic carbocycles. The standard InChI is InChI=1S/C27H36N4O/c1-27(2)22-10-9-21(24(27)18-22)19-30-16-13-23(14-17-30)31-25(12-15-28-31)29-26(32)11-8-20-6-4-3-5-7-20/h3-7,9,12,15,22-24H,8,10-11,13-14,16-19H2,1-2H3,(H,29,32)/t22-,24-/m0/s1. The van der Waals surface area contributed by atoms with Crippen LogP contribution in [0.1, 0.15) is 57.6 Å². The third-order valence-electron chi connectivity index (χ3n) is 8.31. The van der Waals surface area contributed by atoms with E-state index < -0.39 is 0 Å². The third-order valence-corrected chi connectivity index (χ3v) is 8.31. The number of benzene rings is 1. The lowest BCUT2D eigenvalue weighted by molar-refractivity contribution is -0.116. The molecule has 5 heteroatoms. The van der Waals surface area contributed by atoms with Gasteiger partial charge in [-0.3, -0.25) is 9.69 Å². The van der Waals surface area contributed by atoms with Crippen LogP contribution in [0, 0.1) is 17.3 Å². The van der Waals surface area contributed by atoms with E-state index in [1.807, 2.05) is 28.9 Å². The SMILES string of the molecule is CC1(C)[C@H]2CC=C(CN3CCC(n4nccc4NC(=O)CCc4ccccc4)CC3)[C@@H]1C2. The Hall–Kier alpha value is -2.40. The smallest absolute Gasteiger partial charge is 0.225 e. The first-order chi connectivity index (χ1) is 15.5. The summed E-state index contributed by atoms with van der Waals surface area (Å²) in [7, 11) is 0. The Morgan fingerprint density at radius 1 is 1.16 bits per heavy atom. The van der Waals surface area contributed by atoms with Crippen LogP contribution < -0.4 is 5.32 Å². The molecular weight excluding hydrogens is 396 g/mol. The summed E-state index contributed by atoms with van der Waals surface area (Å²) in [5, 5.41) is 7.66. The van der Waals surface area contributed by atoms with Crippen LogP contribution in [-0.2, 0) is 11.2 Å². The molecule has 1 saturated carbocycles. The maximum atomic E-state index is 12.5. The lowest BCUT2D eigenvalue weighted by atomic mass is 9.49. The van der Waals surface area contributed by atoms with Crippen LogP contribution in [0.25, 0.3) is 0 Å². The molecule has 1 amide bonds. The highest BCUT2D eigenvalue weighted by Crippen LogP contribution is 2.59. The number of aryl methyl sites for hydroxylation is 1. The average Bonchev–Trinajstić information content (AvgIpc) is 3.27. The van der Waals surface area contributed by atoms with Crippen molar-refractivity contribution in [3.05, 3.63) is 59.8 Å². The Labute approximate surface area is 191 Å². The van der Waals surface area contributed by atoms with Gasteiger partial charge < -0.3 is 5.32 Å². The van der Waals surface area contributed by atoms with Gasteiger partial charge >= 0.3 is 0 Å². The van der Waals surface area contributed by atoms with Crippen LogP contribution in [0.2, 0.25) is 0 Å². The zero-order valence-electron chi connectivity index (χ0n) is 19.5. The van der Waals surface area contributed by atoms with Gasteiger partial charge in [0.2, 0.25) is 5.91 Å². The molecule has 1 N–H and O–H groups in total. The number of rotatable bonds is 7. The summed E-state index contributed by atoms with van der Waals surface area (Å²) in [6.45, 7) is 8.24. The molecule has 1 saturated heterocycles. The van der Waals surface area contributed by atoms with Crippen LogP contribution in [0.4, 0.5) is 5.82 Å². The number of amides is 1. The quantitative estimate of drug-likeness (QED) is 0.621. The average molecular weight is 433 g/mol. The van der Waals surface area contributed by atoms with Gasteiger partial charge in [0.1, 0.15) is 5.82 Å².